The van der Waals surface area contributed by atoms with Gasteiger partial charge in [-0.3, -0.25) is 4.79 Å². The second kappa shape index (κ2) is 5.82. The molecule has 2 aliphatic rings. The lowest BCUT2D eigenvalue weighted by Gasteiger charge is -2.33. The fourth-order valence-corrected chi connectivity index (χ4v) is 4.30. The highest BCUT2D eigenvalue weighted by molar-refractivity contribution is 5.92. The molecule has 0 saturated heterocycles. The van der Waals surface area contributed by atoms with Crippen molar-refractivity contribution in [2.45, 2.75) is 31.2 Å². The van der Waals surface area contributed by atoms with Gasteiger partial charge in [-0.2, -0.15) is 0 Å². The van der Waals surface area contributed by atoms with Gasteiger partial charge < -0.3 is 18.7 Å². The minimum atomic E-state index is -0.379. The summed E-state index contributed by atoms with van der Waals surface area (Å²) in [4.78, 5) is 26.7. The summed E-state index contributed by atoms with van der Waals surface area (Å²) in [6.45, 7) is 0.556. The zero-order valence-electron chi connectivity index (χ0n) is 15.1. The molecule has 7 nitrogen and oxygen atoms in total. The summed E-state index contributed by atoms with van der Waals surface area (Å²) in [5.41, 5.74) is 3.97. The van der Waals surface area contributed by atoms with Crippen LogP contribution in [0.15, 0.2) is 52.0 Å². The van der Waals surface area contributed by atoms with Crippen molar-refractivity contribution in [1.82, 2.24) is 19.9 Å². The molecule has 4 aromatic rings. The van der Waals surface area contributed by atoms with Gasteiger partial charge in [0, 0.05) is 29.6 Å². The van der Waals surface area contributed by atoms with Crippen molar-refractivity contribution < 1.29 is 13.6 Å². The third-order valence-corrected chi connectivity index (χ3v) is 5.73. The first-order valence-corrected chi connectivity index (χ1v) is 9.54. The van der Waals surface area contributed by atoms with Gasteiger partial charge in [0.15, 0.2) is 6.39 Å². The number of amides is 1. The molecule has 0 unspecified atom stereocenters. The number of nitrogens with one attached hydrogen (secondary N) is 1. The summed E-state index contributed by atoms with van der Waals surface area (Å²) in [5, 5.41) is 1.13. The number of para-hydroxylation sites is 1. The Bertz CT molecular complexity index is 1170. The molecule has 0 spiro atoms. The average molecular weight is 374 g/mol. The molecule has 4 heterocycles. The maximum atomic E-state index is 13.2. The number of furan rings is 1. The fourth-order valence-electron chi connectivity index (χ4n) is 4.30. The van der Waals surface area contributed by atoms with Crippen molar-refractivity contribution in [2.24, 2.45) is 0 Å². The molecular formula is C21H18N4O3. The molecule has 140 valence electrons. The third-order valence-electron chi connectivity index (χ3n) is 5.73. The van der Waals surface area contributed by atoms with Gasteiger partial charge in [-0.05, 0) is 24.8 Å². The number of aromatic amines is 1. The molecule has 1 aromatic carbocycles. The Labute approximate surface area is 160 Å². The first kappa shape index (κ1) is 15.7. The fraction of sp³-hybridized carbons (Fsp3) is 0.286. The summed E-state index contributed by atoms with van der Waals surface area (Å²) in [6.07, 6.45) is 7.44. The minimum Gasteiger partial charge on any atom is -0.458 e. The van der Waals surface area contributed by atoms with E-state index in [-0.39, 0.29) is 17.7 Å². The summed E-state index contributed by atoms with van der Waals surface area (Å²) in [7, 11) is 0. The standard InChI is InChI=1S/C21H18N4O3/c26-21(16-9-22-11-27-16)25-8-7-14-18(24-10-23-14)19(25)20-17(12-5-6-12)13-3-1-2-4-15(13)28-20/h1-4,9-12,19H,5-8H2,(H,23,24)/t19-/m1/s1. The van der Waals surface area contributed by atoms with Gasteiger partial charge >= 0.3 is 0 Å². The minimum absolute atomic E-state index is 0.196. The van der Waals surface area contributed by atoms with Crippen LogP contribution in [0.25, 0.3) is 11.0 Å². The Morgan fingerprint density at radius 1 is 1.25 bits per heavy atom. The van der Waals surface area contributed by atoms with Gasteiger partial charge in [0.1, 0.15) is 17.4 Å². The number of aromatic nitrogens is 3. The van der Waals surface area contributed by atoms with Crippen LogP contribution in [0, 0.1) is 0 Å². The topological polar surface area (TPSA) is 88.2 Å². The Morgan fingerprint density at radius 2 is 2.14 bits per heavy atom. The van der Waals surface area contributed by atoms with Crippen LogP contribution >= 0.6 is 0 Å². The molecule has 1 aliphatic heterocycles. The number of imidazole rings is 1. The predicted octanol–water partition coefficient (Wildman–Crippen LogP) is 3.81. The molecule has 28 heavy (non-hydrogen) atoms. The maximum absolute atomic E-state index is 13.2. The number of hydrogen-bond donors (Lipinski definition) is 1. The van der Waals surface area contributed by atoms with Crippen molar-refractivity contribution in [3.8, 4) is 0 Å². The average Bonchev–Trinajstić information content (AvgIpc) is 3.16. The first-order valence-electron chi connectivity index (χ1n) is 9.54. The van der Waals surface area contributed by atoms with Gasteiger partial charge in [-0.15, -0.1) is 0 Å². The largest absolute Gasteiger partial charge is 0.458 e. The van der Waals surface area contributed by atoms with Crippen LogP contribution in [-0.2, 0) is 6.42 Å². The highest BCUT2D eigenvalue weighted by Crippen LogP contribution is 2.50. The zero-order chi connectivity index (χ0) is 18.7. The monoisotopic (exact) mass is 374 g/mol. The van der Waals surface area contributed by atoms with E-state index in [1.807, 2.05) is 18.2 Å². The van der Waals surface area contributed by atoms with E-state index < -0.39 is 0 Å². The molecule has 6 rings (SSSR count). The number of oxazole rings is 1. The van der Waals surface area contributed by atoms with E-state index in [9.17, 15) is 4.79 Å². The Kier molecular flexibility index (Phi) is 3.26. The lowest BCUT2D eigenvalue weighted by Crippen LogP contribution is -2.40. The van der Waals surface area contributed by atoms with E-state index in [4.69, 9.17) is 8.83 Å². The lowest BCUT2D eigenvalue weighted by molar-refractivity contribution is 0.0639. The van der Waals surface area contributed by atoms with E-state index in [1.54, 1.807) is 11.2 Å². The van der Waals surface area contributed by atoms with Gasteiger partial charge in [0.05, 0.1) is 18.2 Å². The normalized spacial score (nSPS) is 19.1. The van der Waals surface area contributed by atoms with Crippen molar-refractivity contribution in [1.29, 1.82) is 0 Å². The smallest absolute Gasteiger partial charge is 0.292 e. The second-order valence-electron chi connectivity index (χ2n) is 7.43. The van der Waals surface area contributed by atoms with Crippen molar-refractivity contribution in [3.05, 3.63) is 71.7 Å². The van der Waals surface area contributed by atoms with Crippen LogP contribution in [0.4, 0.5) is 0 Å². The highest BCUT2D eigenvalue weighted by Gasteiger charge is 2.42. The number of H-pyrrole nitrogens is 1. The van der Waals surface area contributed by atoms with Crippen molar-refractivity contribution >= 4 is 16.9 Å². The number of fused-ring (bicyclic) bond motifs is 2. The SMILES string of the molecule is O=C(c1cnco1)N1CCc2[nH]cnc2[C@@H]1c1oc2ccccc2c1C1CC1. The number of carbonyl (C=O) groups is 1. The van der Waals surface area contributed by atoms with Crippen LogP contribution in [0.1, 0.15) is 58.1 Å². The van der Waals surface area contributed by atoms with Crippen LogP contribution in [0.3, 0.4) is 0 Å². The van der Waals surface area contributed by atoms with Gasteiger partial charge in [-0.1, -0.05) is 18.2 Å². The molecule has 1 fully saturated rings. The summed E-state index contributed by atoms with van der Waals surface area (Å²) < 4.78 is 11.7. The third kappa shape index (κ3) is 2.25. The first-order chi connectivity index (χ1) is 13.8. The maximum Gasteiger partial charge on any atom is 0.292 e. The number of carbonyl (C=O) groups excluding carboxylic acids is 1. The van der Waals surface area contributed by atoms with E-state index in [2.05, 4.69) is 21.0 Å². The molecule has 1 atom stereocenters. The van der Waals surface area contributed by atoms with Crippen LogP contribution in [0.2, 0.25) is 0 Å². The number of hydrogen-bond acceptors (Lipinski definition) is 5. The van der Waals surface area contributed by atoms with E-state index >= 15 is 0 Å². The molecule has 7 heteroatoms. The molecule has 1 N–H and O–H groups in total. The van der Waals surface area contributed by atoms with E-state index in [1.165, 1.54) is 18.2 Å². The lowest BCUT2D eigenvalue weighted by atomic mass is 9.95. The number of rotatable bonds is 3. The Balaban J connectivity index is 1.56. The molecule has 0 radical (unpaired) electrons. The van der Waals surface area contributed by atoms with E-state index in [0.29, 0.717) is 18.9 Å². The van der Waals surface area contributed by atoms with Gasteiger partial charge in [0.25, 0.3) is 5.91 Å². The molecule has 0 bridgehead atoms. The van der Waals surface area contributed by atoms with Crippen LogP contribution < -0.4 is 0 Å². The summed E-state index contributed by atoms with van der Waals surface area (Å²) in [6, 6.07) is 7.72. The molecule has 1 saturated carbocycles. The van der Waals surface area contributed by atoms with Gasteiger partial charge in [-0.25, -0.2) is 9.97 Å². The summed E-state index contributed by atoms with van der Waals surface area (Å²) in [5.74, 6) is 1.33. The summed E-state index contributed by atoms with van der Waals surface area (Å²) >= 11 is 0. The molecule has 1 aliphatic carbocycles. The second-order valence-corrected chi connectivity index (χ2v) is 7.43. The van der Waals surface area contributed by atoms with Gasteiger partial charge in [0.2, 0.25) is 5.76 Å². The van der Waals surface area contributed by atoms with Crippen molar-refractivity contribution in [2.75, 3.05) is 6.54 Å². The molecular weight excluding hydrogens is 356 g/mol. The van der Waals surface area contributed by atoms with Crippen LogP contribution in [0.5, 0.6) is 0 Å². The molecule has 1 amide bonds. The Hall–Kier alpha value is -3.35. The predicted molar refractivity (Wildman–Crippen MR) is 99.9 cm³/mol. The van der Waals surface area contributed by atoms with Crippen molar-refractivity contribution in [3.63, 3.8) is 0 Å². The number of benzene rings is 1. The molecule has 3 aromatic heterocycles. The Morgan fingerprint density at radius 3 is 2.96 bits per heavy atom. The number of nitrogens with zero attached hydrogens (tertiary/aromatic N) is 3. The zero-order valence-corrected chi connectivity index (χ0v) is 15.1. The quantitative estimate of drug-likeness (QED) is 0.589. The van der Waals surface area contributed by atoms with Crippen LogP contribution in [-0.4, -0.2) is 32.3 Å². The van der Waals surface area contributed by atoms with E-state index in [0.717, 1.165) is 41.0 Å². The highest BCUT2D eigenvalue weighted by atomic mass is 16.4.